The number of aromatic nitrogens is 3. The molecule has 1 saturated carbocycles. The molecule has 1 fully saturated rings. The van der Waals surface area contributed by atoms with Gasteiger partial charge in [0, 0.05) is 13.1 Å². The van der Waals surface area contributed by atoms with Crippen molar-refractivity contribution in [2.75, 3.05) is 12.8 Å². The van der Waals surface area contributed by atoms with Gasteiger partial charge in [-0.3, -0.25) is 9.36 Å². The summed E-state index contributed by atoms with van der Waals surface area (Å²) in [6, 6.07) is 14.2. The Kier molecular flexibility index (Phi) is 5.36. The van der Waals surface area contributed by atoms with E-state index in [9.17, 15) is 4.79 Å². The Morgan fingerprint density at radius 1 is 1.26 bits per heavy atom. The van der Waals surface area contributed by atoms with Crippen LogP contribution in [0.2, 0.25) is 0 Å². The van der Waals surface area contributed by atoms with E-state index >= 15 is 0 Å². The number of hydrogen-bond donors (Lipinski definition) is 0. The molecule has 0 saturated heterocycles. The summed E-state index contributed by atoms with van der Waals surface area (Å²) in [6.45, 7) is 0.608. The molecule has 0 spiro atoms. The van der Waals surface area contributed by atoms with Gasteiger partial charge < -0.3 is 9.32 Å². The van der Waals surface area contributed by atoms with Crippen LogP contribution in [-0.4, -0.2) is 44.4 Å². The maximum absolute atomic E-state index is 12.4. The van der Waals surface area contributed by atoms with Crippen LogP contribution in [0.4, 0.5) is 0 Å². The Balaban J connectivity index is 1.58. The molecule has 1 aliphatic rings. The largest absolute Gasteiger partial charge is 0.446 e. The van der Waals surface area contributed by atoms with Crippen molar-refractivity contribution in [3.05, 3.63) is 52.7 Å². The Labute approximate surface area is 170 Å². The lowest BCUT2D eigenvalue weighted by Crippen LogP contribution is -2.30. The maximum Gasteiger partial charge on any atom is 0.233 e. The lowest BCUT2D eigenvalue weighted by molar-refractivity contribution is -0.127. The van der Waals surface area contributed by atoms with Gasteiger partial charge in [-0.25, -0.2) is 0 Å². The molecule has 0 radical (unpaired) electrons. The molecule has 1 amide bonds. The second kappa shape index (κ2) is 7.90. The number of halogens is 1. The first-order chi connectivity index (χ1) is 13.1. The normalized spacial score (nSPS) is 13.7. The Morgan fingerprint density at radius 2 is 2.04 bits per heavy atom. The number of furan rings is 1. The summed E-state index contributed by atoms with van der Waals surface area (Å²) < 4.78 is 8.31. The van der Waals surface area contributed by atoms with Crippen LogP contribution >= 0.6 is 27.7 Å². The molecule has 0 N–H and O–H groups in total. The van der Waals surface area contributed by atoms with Crippen LogP contribution in [0, 0.1) is 0 Å². The quantitative estimate of drug-likeness (QED) is 0.511. The van der Waals surface area contributed by atoms with E-state index in [1.54, 1.807) is 0 Å². The highest BCUT2D eigenvalue weighted by Crippen LogP contribution is 2.29. The molecule has 6 nitrogen and oxygen atoms in total. The zero-order valence-electron chi connectivity index (χ0n) is 14.8. The van der Waals surface area contributed by atoms with Gasteiger partial charge in [-0.05, 0) is 46.5 Å². The molecule has 27 heavy (non-hydrogen) atoms. The fourth-order valence-corrected chi connectivity index (χ4v) is 3.98. The predicted molar refractivity (Wildman–Crippen MR) is 107 cm³/mol. The Morgan fingerprint density at radius 3 is 2.70 bits per heavy atom. The van der Waals surface area contributed by atoms with Crippen LogP contribution in [0.1, 0.15) is 18.4 Å². The zero-order valence-corrected chi connectivity index (χ0v) is 17.2. The van der Waals surface area contributed by atoms with Crippen molar-refractivity contribution >= 4 is 33.6 Å². The number of carbonyl (C=O) groups is 1. The molecule has 1 aromatic carbocycles. The van der Waals surface area contributed by atoms with Crippen molar-refractivity contribution in [1.29, 1.82) is 0 Å². The highest BCUT2D eigenvalue weighted by molar-refractivity contribution is 9.10. The SMILES string of the molecule is CN(C(=O)CSc1nnc(-c2ccc(Br)o2)n1Cc1ccccc1)C1CC1. The van der Waals surface area contributed by atoms with Crippen LogP contribution in [0.3, 0.4) is 0 Å². The number of carbonyl (C=O) groups excluding carboxylic acids is 1. The number of nitrogens with zero attached hydrogens (tertiary/aromatic N) is 4. The Hall–Kier alpha value is -2.06. The van der Waals surface area contributed by atoms with Crippen molar-refractivity contribution in [1.82, 2.24) is 19.7 Å². The number of benzene rings is 1. The van der Waals surface area contributed by atoms with Gasteiger partial charge in [-0.1, -0.05) is 42.1 Å². The second-order valence-electron chi connectivity index (χ2n) is 6.51. The summed E-state index contributed by atoms with van der Waals surface area (Å²) in [5.41, 5.74) is 1.13. The maximum atomic E-state index is 12.4. The summed E-state index contributed by atoms with van der Waals surface area (Å²) in [7, 11) is 1.88. The van der Waals surface area contributed by atoms with Crippen molar-refractivity contribution in [2.24, 2.45) is 0 Å². The van der Waals surface area contributed by atoms with Crippen LogP contribution in [0.5, 0.6) is 0 Å². The fraction of sp³-hybridized carbons (Fsp3) is 0.316. The standard InChI is InChI=1S/C19H19BrN4O2S/c1-23(14-7-8-14)17(25)12-27-19-22-21-18(15-9-10-16(20)26-15)24(19)11-13-5-3-2-4-6-13/h2-6,9-10,14H,7-8,11-12H2,1H3. The van der Waals surface area contributed by atoms with E-state index in [4.69, 9.17) is 4.42 Å². The average molecular weight is 447 g/mol. The summed E-state index contributed by atoms with van der Waals surface area (Å²) >= 11 is 4.75. The topological polar surface area (TPSA) is 64.2 Å². The number of rotatable bonds is 7. The molecular formula is C19H19BrN4O2S. The highest BCUT2D eigenvalue weighted by atomic mass is 79.9. The molecule has 4 rings (SSSR count). The number of amides is 1. The molecule has 1 aliphatic carbocycles. The van der Waals surface area contributed by atoms with E-state index in [1.807, 2.05) is 46.8 Å². The van der Waals surface area contributed by atoms with Gasteiger partial charge >= 0.3 is 0 Å². The van der Waals surface area contributed by atoms with Gasteiger partial charge in [0.1, 0.15) is 0 Å². The molecule has 140 valence electrons. The molecule has 2 heterocycles. The van der Waals surface area contributed by atoms with Crippen molar-refractivity contribution < 1.29 is 9.21 Å². The van der Waals surface area contributed by atoms with E-state index < -0.39 is 0 Å². The van der Waals surface area contributed by atoms with Gasteiger partial charge in [0.25, 0.3) is 0 Å². The van der Waals surface area contributed by atoms with Crippen molar-refractivity contribution in [3.63, 3.8) is 0 Å². The average Bonchev–Trinajstić information content (AvgIpc) is 3.33. The summed E-state index contributed by atoms with van der Waals surface area (Å²) in [4.78, 5) is 14.2. The summed E-state index contributed by atoms with van der Waals surface area (Å²) in [5.74, 6) is 1.76. The third-order valence-electron chi connectivity index (χ3n) is 4.51. The second-order valence-corrected chi connectivity index (χ2v) is 8.23. The highest BCUT2D eigenvalue weighted by Gasteiger charge is 2.29. The van der Waals surface area contributed by atoms with Crippen LogP contribution < -0.4 is 0 Å². The van der Waals surface area contributed by atoms with Gasteiger partial charge in [-0.15, -0.1) is 10.2 Å². The molecule has 8 heteroatoms. The predicted octanol–water partition coefficient (Wildman–Crippen LogP) is 4.06. The number of hydrogen-bond acceptors (Lipinski definition) is 5. The smallest absolute Gasteiger partial charge is 0.233 e. The van der Waals surface area contributed by atoms with E-state index in [0.717, 1.165) is 18.4 Å². The van der Waals surface area contributed by atoms with Gasteiger partial charge in [0.2, 0.25) is 11.7 Å². The van der Waals surface area contributed by atoms with E-state index in [2.05, 4.69) is 38.3 Å². The molecule has 3 aromatic rings. The Bertz CT molecular complexity index is 936. The molecule has 0 bridgehead atoms. The first kappa shape index (κ1) is 18.3. The van der Waals surface area contributed by atoms with Crippen LogP contribution in [-0.2, 0) is 11.3 Å². The molecule has 2 aromatic heterocycles. The lowest BCUT2D eigenvalue weighted by atomic mass is 10.2. The summed E-state index contributed by atoms with van der Waals surface area (Å²) in [5, 5.41) is 9.35. The molecular weight excluding hydrogens is 428 g/mol. The molecule has 0 unspecified atom stereocenters. The third-order valence-corrected chi connectivity index (χ3v) is 5.88. The van der Waals surface area contributed by atoms with E-state index in [1.165, 1.54) is 11.8 Å². The number of thioether (sulfide) groups is 1. The van der Waals surface area contributed by atoms with Crippen LogP contribution in [0.15, 0.2) is 56.7 Å². The van der Waals surface area contributed by atoms with E-state index in [0.29, 0.717) is 39.8 Å². The van der Waals surface area contributed by atoms with Gasteiger partial charge in [-0.2, -0.15) is 0 Å². The minimum Gasteiger partial charge on any atom is -0.446 e. The zero-order chi connectivity index (χ0) is 18.8. The van der Waals surface area contributed by atoms with Crippen molar-refractivity contribution in [3.8, 4) is 11.6 Å². The lowest BCUT2D eigenvalue weighted by Gasteiger charge is -2.16. The minimum absolute atomic E-state index is 0.124. The minimum atomic E-state index is 0.124. The molecule has 0 atom stereocenters. The first-order valence-electron chi connectivity index (χ1n) is 8.73. The summed E-state index contributed by atoms with van der Waals surface area (Å²) in [6.07, 6.45) is 2.21. The first-order valence-corrected chi connectivity index (χ1v) is 10.5. The van der Waals surface area contributed by atoms with Crippen LogP contribution in [0.25, 0.3) is 11.6 Å². The fourth-order valence-electron chi connectivity index (χ4n) is 2.81. The van der Waals surface area contributed by atoms with Gasteiger partial charge in [0.05, 0.1) is 12.3 Å². The molecule has 0 aliphatic heterocycles. The van der Waals surface area contributed by atoms with E-state index in [-0.39, 0.29) is 5.91 Å². The van der Waals surface area contributed by atoms with Crippen molar-refractivity contribution in [2.45, 2.75) is 30.6 Å². The third kappa shape index (κ3) is 4.27. The van der Waals surface area contributed by atoms with Gasteiger partial charge in [0.15, 0.2) is 15.6 Å². The monoisotopic (exact) mass is 446 g/mol.